The highest BCUT2D eigenvalue weighted by atomic mass is 35.5. The molecular formula is C11H19ClN2O. The summed E-state index contributed by atoms with van der Waals surface area (Å²) in [6, 6.07) is 0.391. The van der Waals surface area contributed by atoms with Gasteiger partial charge in [-0.3, -0.25) is 4.68 Å². The van der Waals surface area contributed by atoms with Crippen LogP contribution in [0.4, 0.5) is 0 Å². The van der Waals surface area contributed by atoms with Crippen molar-refractivity contribution in [2.45, 2.75) is 46.3 Å². The molecule has 0 aliphatic heterocycles. The van der Waals surface area contributed by atoms with Crippen molar-refractivity contribution in [3.05, 3.63) is 16.9 Å². The molecule has 1 atom stereocenters. The molecule has 4 heteroatoms. The first-order valence-corrected chi connectivity index (χ1v) is 5.88. The second kappa shape index (κ2) is 6.13. The third-order valence-electron chi connectivity index (χ3n) is 2.39. The van der Waals surface area contributed by atoms with Gasteiger partial charge in [0.25, 0.3) is 0 Å². The van der Waals surface area contributed by atoms with Crippen molar-refractivity contribution in [1.82, 2.24) is 9.78 Å². The van der Waals surface area contributed by atoms with Crippen molar-refractivity contribution >= 4 is 11.6 Å². The van der Waals surface area contributed by atoms with Gasteiger partial charge in [0.1, 0.15) is 5.69 Å². The van der Waals surface area contributed by atoms with E-state index in [0.717, 1.165) is 25.1 Å². The summed E-state index contributed by atoms with van der Waals surface area (Å²) in [5.74, 6) is 0. The fraction of sp³-hybridized carbons (Fsp3) is 0.727. The largest absolute Gasteiger partial charge is 0.375 e. The van der Waals surface area contributed by atoms with Crippen LogP contribution in [0.15, 0.2) is 6.20 Å². The van der Waals surface area contributed by atoms with E-state index < -0.39 is 0 Å². The van der Waals surface area contributed by atoms with E-state index in [0.29, 0.717) is 17.7 Å². The zero-order valence-corrected chi connectivity index (χ0v) is 10.4. The first kappa shape index (κ1) is 12.5. The van der Waals surface area contributed by atoms with Gasteiger partial charge in [-0.1, -0.05) is 25.4 Å². The van der Waals surface area contributed by atoms with Gasteiger partial charge in [0, 0.05) is 18.8 Å². The lowest BCUT2D eigenvalue weighted by atomic mass is 10.3. The molecular weight excluding hydrogens is 212 g/mol. The first-order chi connectivity index (χ1) is 7.19. The summed E-state index contributed by atoms with van der Waals surface area (Å²) < 4.78 is 7.33. The van der Waals surface area contributed by atoms with Gasteiger partial charge < -0.3 is 4.74 Å². The molecule has 1 aromatic rings. The second-order valence-corrected chi connectivity index (χ2v) is 4.12. The maximum absolute atomic E-state index is 6.06. The minimum absolute atomic E-state index is 0.391. The molecule has 0 aliphatic carbocycles. The summed E-state index contributed by atoms with van der Waals surface area (Å²) in [6.07, 6.45) is 3.94. The summed E-state index contributed by atoms with van der Waals surface area (Å²) in [4.78, 5) is 0. The Labute approximate surface area is 96.4 Å². The molecule has 1 aromatic heterocycles. The number of rotatable bonds is 6. The minimum atomic E-state index is 0.391. The van der Waals surface area contributed by atoms with Gasteiger partial charge in [-0.05, 0) is 19.8 Å². The minimum Gasteiger partial charge on any atom is -0.375 e. The van der Waals surface area contributed by atoms with E-state index in [2.05, 4.69) is 25.9 Å². The Morgan fingerprint density at radius 1 is 1.53 bits per heavy atom. The quantitative estimate of drug-likeness (QED) is 0.700. The van der Waals surface area contributed by atoms with Crippen LogP contribution >= 0.6 is 11.6 Å². The monoisotopic (exact) mass is 230 g/mol. The van der Waals surface area contributed by atoms with Gasteiger partial charge >= 0.3 is 0 Å². The van der Waals surface area contributed by atoms with Crippen LogP contribution in [0.1, 0.15) is 45.3 Å². The summed E-state index contributed by atoms with van der Waals surface area (Å²) in [5.41, 5.74) is 0.838. The smallest absolute Gasteiger partial charge is 0.107 e. The normalized spacial score (nSPS) is 13.1. The molecule has 0 fully saturated rings. The highest BCUT2D eigenvalue weighted by Crippen LogP contribution is 2.19. The number of hydrogen-bond donors (Lipinski definition) is 0. The molecule has 3 nitrogen and oxygen atoms in total. The van der Waals surface area contributed by atoms with E-state index in [1.165, 1.54) is 0 Å². The average Bonchev–Trinajstić information content (AvgIpc) is 2.60. The lowest BCUT2D eigenvalue weighted by molar-refractivity contribution is 0.118. The molecule has 1 rings (SSSR count). The Balaban J connectivity index is 2.60. The van der Waals surface area contributed by atoms with Crippen molar-refractivity contribution in [3.63, 3.8) is 0 Å². The Morgan fingerprint density at radius 2 is 2.27 bits per heavy atom. The van der Waals surface area contributed by atoms with Crippen LogP contribution in [0, 0.1) is 0 Å². The fourth-order valence-electron chi connectivity index (χ4n) is 1.23. The average molecular weight is 231 g/mol. The highest BCUT2D eigenvalue weighted by molar-refractivity contribution is 6.31. The van der Waals surface area contributed by atoms with Gasteiger partial charge in [-0.2, -0.15) is 5.10 Å². The second-order valence-electron chi connectivity index (χ2n) is 3.71. The fourth-order valence-corrected chi connectivity index (χ4v) is 1.42. The number of halogens is 1. The number of aromatic nitrogens is 2. The Morgan fingerprint density at radius 3 is 2.87 bits per heavy atom. The van der Waals surface area contributed by atoms with Crippen molar-refractivity contribution in [2.75, 3.05) is 6.61 Å². The van der Waals surface area contributed by atoms with E-state index >= 15 is 0 Å². The topological polar surface area (TPSA) is 27.1 Å². The van der Waals surface area contributed by atoms with E-state index in [1.807, 2.05) is 10.9 Å². The van der Waals surface area contributed by atoms with Crippen molar-refractivity contribution in [1.29, 1.82) is 0 Å². The lowest BCUT2D eigenvalue weighted by Gasteiger charge is -2.07. The van der Waals surface area contributed by atoms with Gasteiger partial charge in [0.2, 0.25) is 0 Å². The molecule has 0 unspecified atom stereocenters. The zero-order chi connectivity index (χ0) is 11.3. The van der Waals surface area contributed by atoms with Crippen LogP contribution in [0.25, 0.3) is 0 Å². The van der Waals surface area contributed by atoms with Crippen LogP contribution < -0.4 is 0 Å². The van der Waals surface area contributed by atoms with Crippen molar-refractivity contribution < 1.29 is 4.74 Å². The van der Waals surface area contributed by atoms with Gasteiger partial charge in [0.05, 0.1) is 11.6 Å². The molecule has 0 aromatic carbocycles. The highest BCUT2D eigenvalue weighted by Gasteiger charge is 2.10. The van der Waals surface area contributed by atoms with Crippen LogP contribution in [-0.2, 0) is 11.3 Å². The molecule has 0 radical (unpaired) electrons. The van der Waals surface area contributed by atoms with Gasteiger partial charge in [-0.15, -0.1) is 0 Å². The predicted octanol–water partition coefficient (Wildman–Crippen LogP) is 3.43. The molecule has 86 valence electrons. The Kier molecular flexibility index (Phi) is 5.12. The zero-order valence-electron chi connectivity index (χ0n) is 9.66. The molecule has 0 amide bonds. The molecule has 0 bridgehead atoms. The van der Waals surface area contributed by atoms with Gasteiger partial charge in [-0.25, -0.2) is 0 Å². The molecule has 0 saturated carbocycles. The van der Waals surface area contributed by atoms with Crippen LogP contribution in [0.3, 0.4) is 0 Å². The standard InChI is InChI=1S/C11H19ClN2O/c1-4-6-15-8-11-10(12)7-14(13-11)9(3)5-2/h7,9H,4-6,8H2,1-3H3/t9-/m1/s1. The molecule has 15 heavy (non-hydrogen) atoms. The molecule has 1 heterocycles. The molecule has 0 saturated heterocycles. The van der Waals surface area contributed by atoms with Gasteiger partial charge in [0.15, 0.2) is 0 Å². The summed E-state index contributed by atoms with van der Waals surface area (Å²) in [7, 11) is 0. The maximum Gasteiger partial charge on any atom is 0.107 e. The van der Waals surface area contributed by atoms with Crippen LogP contribution in [0.2, 0.25) is 5.02 Å². The summed E-state index contributed by atoms with van der Waals surface area (Å²) in [5, 5.41) is 5.11. The SMILES string of the molecule is CCCOCc1nn([C@H](C)CC)cc1Cl. The Bertz CT molecular complexity index is 299. The van der Waals surface area contributed by atoms with E-state index in [-0.39, 0.29) is 0 Å². The molecule has 0 spiro atoms. The molecule has 0 N–H and O–H groups in total. The summed E-state index contributed by atoms with van der Waals surface area (Å²) in [6.45, 7) is 7.61. The number of nitrogens with zero attached hydrogens (tertiary/aromatic N) is 2. The third kappa shape index (κ3) is 3.50. The number of ether oxygens (including phenoxy) is 1. The third-order valence-corrected chi connectivity index (χ3v) is 2.70. The van der Waals surface area contributed by atoms with E-state index in [1.54, 1.807) is 0 Å². The Hall–Kier alpha value is -0.540. The van der Waals surface area contributed by atoms with Crippen LogP contribution in [-0.4, -0.2) is 16.4 Å². The first-order valence-electron chi connectivity index (χ1n) is 5.50. The summed E-state index contributed by atoms with van der Waals surface area (Å²) >= 11 is 6.06. The van der Waals surface area contributed by atoms with E-state index in [4.69, 9.17) is 16.3 Å². The lowest BCUT2D eigenvalue weighted by Crippen LogP contribution is -2.05. The maximum atomic E-state index is 6.06. The number of hydrogen-bond acceptors (Lipinski definition) is 2. The van der Waals surface area contributed by atoms with E-state index in [9.17, 15) is 0 Å². The van der Waals surface area contributed by atoms with Crippen LogP contribution in [0.5, 0.6) is 0 Å². The predicted molar refractivity (Wildman–Crippen MR) is 62.2 cm³/mol. The molecule has 0 aliphatic rings. The van der Waals surface area contributed by atoms with Crippen molar-refractivity contribution in [2.24, 2.45) is 0 Å². The van der Waals surface area contributed by atoms with Crippen molar-refractivity contribution in [3.8, 4) is 0 Å².